The number of nitrogens with zero attached hydrogens (tertiary/aromatic N) is 3. The molecule has 35 heavy (non-hydrogen) atoms. The maximum Gasteiger partial charge on any atom is 0.255 e. The van der Waals surface area contributed by atoms with Gasteiger partial charge in [-0.15, -0.1) is 0 Å². The van der Waals surface area contributed by atoms with E-state index in [2.05, 4.69) is 4.36 Å². The van der Waals surface area contributed by atoms with E-state index in [0.717, 1.165) is 0 Å². The Morgan fingerprint density at radius 1 is 1.20 bits per heavy atom. The number of anilines is 1. The number of amides is 1. The number of carbonyl (C=O) groups excluding carboxylic acids is 3. The van der Waals surface area contributed by atoms with Crippen LogP contribution in [0.5, 0.6) is 5.75 Å². The molecule has 1 amide bonds. The summed E-state index contributed by atoms with van der Waals surface area (Å²) >= 11 is 4.75. The second-order valence-electron chi connectivity index (χ2n) is 9.56. The minimum absolute atomic E-state index is 0.0163. The second kappa shape index (κ2) is 8.11. The van der Waals surface area contributed by atoms with Gasteiger partial charge in [0.15, 0.2) is 17.1 Å². The summed E-state index contributed by atoms with van der Waals surface area (Å²) in [5, 5.41) is 44.5. The van der Waals surface area contributed by atoms with Crippen molar-refractivity contribution in [1.29, 1.82) is 0 Å². The van der Waals surface area contributed by atoms with Crippen molar-refractivity contribution in [2.75, 3.05) is 33.1 Å². The van der Waals surface area contributed by atoms with Crippen LogP contribution in [0.1, 0.15) is 17.5 Å². The van der Waals surface area contributed by atoms with Gasteiger partial charge < -0.3 is 31.1 Å². The molecule has 4 rings (SSSR count). The minimum Gasteiger partial charge on any atom is -0.508 e. The molecule has 186 valence electrons. The van der Waals surface area contributed by atoms with Crippen molar-refractivity contribution in [3.8, 4) is 5.75 Å². The Labute approximate surface area is 206 Å². The SMILES string of the molecule is CN(C)c1cc(N=S)c(O)c2c1CC1CC3C(N(C)C)C(=O)C(C(N)=O)=C(O)C3(O)C(=O)C1=C2O. The summed E-state index contributed by atoms with van der Waals surface area (Å²) in [6.45, 7) is 0. The first-order valence-electron chi connectivity index (χ1n) is 10.8. The van der Waals surface area contributed by atoms with Crippen LogP contribution in [0, 0.1) is 11.8 Å². The fourth-order valence-electron chi connectivity index (χ4n) is 5.75. The lowest BCUT2D eigenvalue weighted by molar-refractivity contribution is -0.153. The van der Waals surface area contributed by atoms with Gasteiger partial charge in [0.05, 0.1) is 11.6 Å². The van der Waals surface area contributed by atoms with E-state index in [0.29, 0.717) is 11.3 Å². The minimum atomic E-state index is -2.68. The number of hydrogen-bond acceptors (Lipinski definition) is 11. The van der Waals surface area contributed by atoms with Gasteiger partial charge in [0.25, 0.3) is 5.91 Å². The molecular weight excluding hydrogens is 476 g/mol. The summed E-state index contributed by atoms with van der Waals surface area (Å²) in [5.41, 5.74) is 2.69. The molecule has 0 bridgehead atoms. The zero-order chi connectivity index (χ0) is 26.1. The third-order valence-corrected chi connectivity index (χ3v) is 7.45. The molecule has 0 radical (unpaired) electrons. The van der Waals surface area contributed by atoms with Gasteiger partial charge in [0.2, 0.25) is 5.78 Å². The number of Topliss-reactive ketones (excluding diaryl/α,β-unsaturated/α-hetero) is 2. The number of fused-ring (bicyclic) bond motifs is 3. The van der Waals surface area contributed by atoms with Crippen molar-refractivity contribution in [3.05, 3.63) is 34.1 Å². The average molecular weight is 503 g/mol. The number of aliphatic hydroxyl groups excluding tert-OH is 2. The Bertz CT molecular complexity index is 1270. The third kappa shape index (κ3) is 3.20. The second-order valence-corrected chi connectivity index (χ2v) is 9.75. The van der Waals surface area contributed by atoms with E-state index in [4.69, 9.17) is 18.2 Å². The Hall–Kier alpha value is -3.35. The van der Waals surface area contributed by atoms with Crippen LogP contribution < -0.4 is 10.6 Å². The molecule has 1 fully saturated rings. The van der Waals surface area contributed by atoms with Crippen LogP contribution in [0.25, 0.3) is 5.76 Å². The topological polar surface area (TPSA) is 177 Å². The zero-order valence-corrected chi connectivity index (χ0v) is 20.4. The van der Waals surface area contributed by atoms with Crippen molar-refractivity contribution < 1.29 is 34.8 Å². The molecule has 12 heteroatoms. The standard InChI is InChI=1S/C23H26N4O7S/c1-26(2)12-7-11(25-35)17(28)14-9(12)5-8-6-10-16(27(3)4)19(30)15(22(24)33)21(32)23(10,34)20(31)13(8)18(14)29/h7-8,10,16,28-29,32,34H,5-6H2,1-4H3,(H2,24,33). The molecule has 1 aromatic rings. The van der Waals surface area contributed by atoms with Crippen LogP contribution in [0.15, 0.2) is 27.3 Å². The van der Waals surface area contributed by atoms with E-state index < -0.39 is 63.8 Å². The van der Waals surface area contributed by atoms with E-state index in [9.17, 15) is 34.8 Å². The molecule has 1 aromatic carbocycles. The average Bonchev–Trinajstić information content (AvgIpc) is 2.75. The highest BCUT2D eigenvalue weighted by Crippen LogP contribution is 2.54. The molecule has 0 spiro atoms. The quantitative estimate of drug-likeness (QED) is 0.362. The van der Waals surface area contributed by atoms with E-state index in [1.807, 2.05) is 0 Å². The molecule has 1 saturated carbocycles. The first kappa shape index (κ1) is 24.8. The van der Waals surface area contributed by atoms with Crippen LogP contribution in [0.4, 0.5) is 11.4 Å². The lowest BCUT2D eigenvalue weighted by Gasteiger charge is -2.50. The van der Waals surface area contributed by atoms with Crippen LogP contribution in [-0.2, 0) is 33.2 Å². The molecule has 0 aromatic heterocycles. The summed E-state index contributed by atoms with van der Waals surface area (Å²) in [5.74, 6) is -7.04. The third-order valence-electron chi connectivity index (χ3n) is 7.26. The smallest absolute Gasteiger partial charge is 0.255 e. The highest BCUT2D eigenvalue weighted by molar-refractivity contribution is 7.47. The monoisotopic (exact) mass is 502 g/mol. The largest absolute Gasteiger partial charge is 0.508 e. The van der Waals surface area contributed by atoms with Crippen molar-refractivity contribution >= 4 is 47.0 Å². The van der Waals surface area contributed by atoms with Gasteiger partial charge in [-0.2, -0.15) is 4.36 Å². The van der Waals surface area contributed by atoms with Crippen molar-refractivity contribution in [1.82, 2.24) is 4.90 Å². The fraction of sp³-hybridized carbons (Fsp3) is 0.435. The molecule has 4 atom stereocenters. The van der Waals surface area contributed by atoms with Gasteiger partial charge in [0.1, 0.15) is 22.8 Å². The van der Waals surface area contributed by atoms with Gasteiger partial charge in [-0.25, -0.2) is 0 Å². The Kier molecular flexibility index (Phi) is 5.74. The molecule has 0 aliphatic heterocycles. The Morgan fingerprint density at radius 3 is 2.34 bits per heavy atom. The summed E-state index contributed by atoms with van der Waals surface area (Å²) in [6.07, 6.45) is 0.208. The molecule has 6 N–H and O–H groups in total. The number of likely N-dealkylation sites (N-methyl/N-ethyl adjacent to an activating group) is 1. The highest BCUT2D eigenvalue weighted by Gasteiger charge is 2.64. The predicted octanol–water partition coefficient (Wildman–Crippen LogP) is 0.392. The predicted molar refractivity (Wildman–Crippen MR) is 128 cm³/mol. The maximum atomic E-state index is 13.8. The van der Waals surface area contributed by atoms with Crippen molar-refractivity contribution in [2.24, 2.45) is 21.9 Å². The van der Waals surface area contributed by atoms with Crippen LogP contribution in [0.3, 0.4) is 0 Å². The number of aromatic hydroxyl groups is 1. The Balaban J connectivity index is 2.02. The number of ketones is 2. The Morgan fingerprint density at radius 2 is 1.83 bits per heavy atom. The van der Waals surface area contributed by atoms with Crippen LogP contribution in [0.2, 0.25) is 0 Å². The summed E-state index contributed by atoms with van der Waals surface area (Å²) < 4.78 is 3.63. The number of phenols is 1. The lowest BCUT2D eigenvalue weighted by Crippen LogP contribution is -2.65. The number of carbonyl (C=O) groups is 3. The molecule has 3 aliphatic rings. The summed E-state index contributed by atoms with van der Waals surface area (Å²) in [4.78, 5) is 42.1. The molecule has 0 heterocycles. The molecular formula is C23H26N4O7S. The highest BCUT2D eigenvalue weighted by atomic mass is 32.1. The van der Waals surface area contributed by atoms with Gasteiger partial charge in [0, 0.05) is 43.7 Å². The van der Waals surface area contributed by atoms with E-state index in [-0.39, 0.29) is 29.7 Å². The van der Waals surface area contributed by atoms with Crippen LogP contribution >= 0.6 is 0 Å². The fourth-order valence-corrected chi connectivity index (χ4v) is 5.89. The summed E-state index contributed by atoms with van der Waals surface area (Å²) in [6, 6.07) is 0.441. The van der Waals surface area contributed by atoms with Crippen molar-refractivity contribution in [3.63, 3.8) is 0 Å². The molecule has 4 unspecified atom stereocenters. The van der Waals surface area contributed by atoms with E-state index in [1.54, 1.807) is 39.2 Å². The van der Waals surface area contributed by atoms with E-state index in [1.165, 1.54) is 4.90 Å². The first-order valence-corrected chi connectivity index (χ1v) is 11.2. The van der Waals surface area contributed by atoms with Gasteiger partial charge >= 0.3 is 0 Å². The van der Waals surface area contributed by atoms with E-state index >= 15 is 0 Å². The lowest BCUT2D eigenvalue weighted by atomic mass is 9.57. The zero-order valence-electron chi connectivity index (χ0n) is 19.6. The number of aliphatic hydroxyl groups is 3. The normalized spacial score (nSPS) is 28.0. The van der Waals surface area contributed by atoms with Gasteiger partial charge in [-0.3, -0.25) is 19.3 Å². The number of nitrogens with two attached hydrogens (primary N) is 1. The molecule has 11 nitrogen and oxygen atoms in total. The van der Waals surface area contributed by atoms with Gasteiger partial charge in [-0.05, 0) is 44.5 Å². The number of hydrogen-bond donors (Lipinski definition) is 5. The number of primary amides is 1. The summed E-state index contributed by atoms with van der Waals surface area (Å²) in [7, 11) is 6.62. The maximum absolute atomic E-state index is 13.8. The number of phenolic OH excluding ortho intramolecular Hbond substituents is 1. The number of rotatable bonds is 4. The first-order chi connectivity index (χ1) is 16.3. The van der Waals surface area contributed by atoms with Crippen LogP contribution in [-0.4, -0.2) is 82.6 Å². The molecule has 3 aliphatic carbocycles. The molecule has 0 saturated heterocycles. The van der Waals surface area contributed by atoms with Crippen molar-refractivity contribution in [2.45, 2.75) is 24.5 Å². The number of benzene rings is 1. The van der Waals surface area contributed by atoms with Gasteiger partial charge in [-0.1, -0.05) is 0 Å².